The molecule has 0 aliphatic carbocycles. The highest BCUT2D eigenvalue weighted by atomic mass is 31.2. The Labute approximate surface area is 101 Å². The molecular formula is C8H8F4O4P2. The molecule has 3 N–H and O–H groups in total. The molecule has 0 fully saturated rings. The molecule has 0 aromatic heterocycles. The number of rotatable bonds is 3. The lowest BCUT2D eigenvalue weighted by molar-refractivity contribution is -0.137. The Hall–Kier alpha value is -0.520. The van der Waals surface area contributed by atoms with Gasteiger partial charge in [-0.25, -0.2) is 4.39 Å². The summed E-state index contributed by atoms with van der Waals surface area (Å²) in [4.78, 5) is 17.6. The fourth-order valence-electron chi connectivity index (χ4n) is 1.21. The van der Waals surface area contributed by atoms with Gasteiger partial charge in [-0.2, -0.15) is 13.2 Å². The van der Waals surface area contributed by atoms with Crippen molar-refractivity contribution in [3.63, 3.8) is 0 Å². The van der Waals surface area contributed by atoms with Gasteiger partial charge in [-0.05, 0) is 12.1 Å². The number of halogens is 4. The normalized spacial score (nSPS) is 17.9. The van der Waals surface area contributed by atoms with Gasteiger partial charge >= 0.3 is 6.18 Å². The van der Waals surface area contributed by atoms with E-state index in [0.29, 0.717) is 12.1 Å². The second kappa shape index (κ2) is 5.23. The van der Waals surface area contributed by atoms with Crippen LogP contribution in [0.2, 0.25) is 0 Å². The summed E-state index contributed by atoms with van der Waals surface area (Å²) in [6, 6.07) is 1.07. The van der Waals surface area contributed by atoms with E-state index < -0.39 is 45.0 Å². The molecule has 1 aromatic carbocycles. The lowest BCUT2D eigenvalue weighted by Crippen LogP contribution is -2.17. The fraction of sp³-hybridized carbons (Fsp3) is 0.250. The first-order valence-electron chi connectivity index (χ1n) is 4.37. The van der Waals surface area contributed by atoms with Crippen LogP contribution < -0.4 is 0 Å². The van der Waals surface area contributed by atoms with Crippen LogP contribution in [0.25, 0.3) is 0 Å². The lowest BCUT2D eigenvalue weighted by atomic mass is 10.1. The molecule has 0 bridgehead atoms. The Morgan fingerprint density at radius 1 is 1.28 bits per heavy atom. The van der Waals surface area contributed by atoms with E-state index in [4.69, 9.17) is 9.79 Å². The first kappa shape index (κ1) is 15.5. The SMILES string of the molecule is O=[PH](O)C(O)(PO)c1ccc(C(F)(F)F)cc1F. The van der Waals surface area contributed by atoms with Crippen molar-refractivity contribution in [3.8, 4) is 0 Å². The summed E-state index contributed by atoms with van der Waals surface area (Å²) in [5.74, 6) is -1.51. The van der Waals surface area contributed by atoms with Gasteiger partial charge in [0, 0.05) is 5.56 Å². The minimum atomic E-state index is -4.77. The molecule has 4 nitrogen and oxygen atoms in total. The average molecular weight is 306 g/mol. The van der Waals surface area contributed by atoms with E-state index in [9.17, 15) is 27.2 Å². The third kappa shape index (κ3) is 2.90. The monoisotopic (exact) mass is 306 g/mol. The third-order valence-corrected chi connectivity index (χ3v) is 4.62. The summed E-state index contributed by atoms with van der Waals surface area (Å²) in [6.07, 6.45) is -4.77. The molecule has 0 aliphatic rings. The molecule has 0 aliphatic heterocycles. The van der Waals surface area contributed by atoms with Crippen molar-refractivity contribution in [1.29, 1.82) is 0 Å². The van der Waals surface area contributed by atoms with Crippen molar-refractivity contribution >= 4 is 16.8 Å². The molecule has 3 unspecified atom stereocenters. The first-order valence-corrected chi connectivity index (χ1v) is 6.67. The van der Waals surface area contributed by atoms with Gasteiger partial charge in [0.25, 0.3) is 0 Å². The van der Waals surface area contributed by atoms with Crippen LogP contribution in [0, 0.1) is 5.82 Å². The van der Waals surface area contributed by atoms with Gasteiger partial charge in [-0.15, -0.1) is 0 Å². The summed E-state index contributed by atoms with van der Waals surface area (Å²) in [6.45, 7) is 0. The summed E-state index contributed by atoms with van der Waals surface area (Å²) in [5.41, 5.74) is -2.15. The molecule has 18 heavy (non-hydrogen) atoms. The van der Waals surface area contributed by atoms with Crippen molar-refractivity contribution in [2.24, 2.45) is 0 Å². The van der Waals surface area contributed by atoms with Crippen molar-refractivity contribution < 1.29 is 37.0 Å². The molecule has 3 atom stereocenters. The summed E-state index contributed by atoms with van der Waals surface area (Å²) < 4.78 is 61.1. The molecule has 102 valence electrons. The maximum atomic E-state index is 13.4. The van der Waals surface area contributed by atoms with Gasteiger partial charge in [-0.1, -0.05) is 6.07 Å². The van der Waals surface area contributed by atoms with Crippen LogP contribution in [0.4, 0.5) is 17.6 Å². The van der Waals surface area contributed by atoms with E-state index in [1.807, 2.05) is 0 Å². The highest BCUT2D eigenvalue weighted by Crippen LogP contribution is 2.53. The Balaban J connectivity index is 3.33. The van der Waals surface area contributed by atoms with Gasteiger partial charge in [-0.3, -0.25) is 4.57 Å². The summed E-state index contributed by atoms with van der Waals surface area (Å²) in [7, 11) is -5.34. The zero-order valence-corrected chi connectivity index (χ0v) is 10.5. The number of hydrogen-bond donors (Lipinski definition) is 3. The Bertz CT molecular complexity index is 479. The second-order valence-corrected chi connectivity index (χ2v) is 6.10. The topological polar surface area (TPSA) is 77.8 Å². The third-order valence-electron chi connectivity index (χ3n) is 2.16. The molecule has 1 rings (SSSR count). The Kier molecular flexibility index (Phi) is 4.51. The zero-order valence-electron chi connectivity index (χ0n) is 8.49. The van der Waals surface area contributed by atoms with Gasteiger partial charge in [0.15, 0.2) is 0 Å². The summed E-state index contributed by atoms with van der Waals surface area (Å²) >= 11 is 0. The maximum absolute atomic E-state index is 13.4. The number of alkyl halides is 3. The Morgan fingerprint density at radius 2 is 1.83 bits per heavy atom. The summed E-state index contributed by atoms with van der Waals surface area (Å²) in [5, 5.41) is 6.80. The van der Waals surface area contributed by atoms with Gasteiger partial charge in [0.2, 0.25) is 13.1 Å². The minimum absolute atomic E-state index is 0.0885. The molecule has 10 heteroatoms. The van der Waals surface area contributed by atoms with Crippen LogP contribution in [-0.2, 0) is 15.8 Å². The predicted molar refractivity (Wildman–Crippen MR) is 57.1 cm³/mol. The molecule has 0 heterocycles. The average Bonchev–Trinajstić information content (AvgIpc) is 2.26. The van der Waals surface area contributed by atoms with E-state index in [0.717, 1.165) is 0 Å². The van der Waals surface area contributed by atoms with Crippen LogP contribution in [0.15, 0.2) is 18.2 Å². The number of hydrogen-bond acceptors (Lipinski definition) is 3. The number of aliphatic hydroxyl groups is 1. The quantitative estimate of drug-likeness (QED) is 0.589. The smallest absolute Gasteiger partial charge is 0.373 e. The minimum Gasteiger partial charge on any atom is -0.373 e. The zero-order chi connectivity index (χ0) is 14.1. The molecule has 0 saturated heterocycles. The van der Waals surface area contributed by atoms with Gasteiger partial charge in [0.05, 0.1) is 14.4 Å². The highest BCUT2D eigenvalue weighted by Gasteiger charge is 2.39. The van der Waals surface area contributed by atoms with E-state index in [-0.39, 0.29) is 6.07 Å². The fourth-order valence-corrected chi connectivity index (χ4v) is 2.35. The van der Waals surface area contributed by atoms with Crippen LogP contribution in [0.3, 0.4) is 0 Å². The highest BCUT2D eigenvalue weighted by molar-refractivity contribution is 7.55. The van der Waals surface area contributed by atoms with E-state index in [1.54, 1.807) is 0 Å². The Morgan fingerprint density at radius 3 is 2.17 bits per heavy atom. The predicted octanol–water partition coefficient (Wildman–Crippen LogP) is 2.00. The lowest BCUT2D eigenvalue weighted by Gasteiger charge is -2.23. The van der Waals surface area contributed by atoms with E-state index in [2.05, 4.69) is 0 Å². The van der Waals surface area contributed by atoms with Crippen molar-refractivity contribution in [2.45, 2.75) is 11.3 Å². The molecule has 0 amide bonds. The van der Waals surface area contributed by atoms with Crippen molar-refractivity contribution in [2.75, 3.05) is 0 Å². The van der Waals surface area contributed by atoms with Crippen LogP contribution in [-0.4, -0.2) is 14.9 Å². The van der Waals surface area contributed by atoms with E-state index in [1.165, 1.54) is 0 Å². The molecule has 1 aromatic rings. The molecule has 0 saturated carbocycles. The molecule has 0 radical (unpaired) electrons. The van der Waals surface area contributed by atoms with Crippen LogP contribution in [0.1, 0.15) is 11.1 Å². The van der Waals surface area contributed by atoms with E-state index >= 15 is 0 Å². The van der Waals surface area contributed by atoms with Crippen LogP contribution >= 0.6 is 16.8 Å². The standard InChI is InChI=1S/C8H8F4O4P2/c9-6-3-4(7(10,11)12)1-2-5(6)8(13,17-14)18(15)16/h1-3,13-14,17-18H,(H,15,16). The van der Waals surface area contributed by atoms with Crippen LogP contribution in [0.5, 0.6) is 0 Å². The van der Waals surface area contributed by atoms with Gasteiger partial charge < -0.3 is 14.9 Å². The largest absolute Gasteiger partial charge is 0.416 e. The second-order valence-electron chi connectivity index (χ2n) is 3.32. The maximum Gasteiger partial charge on any atom is 0.416 e. The molecule has 0 spiro atoms. The van der Waals surface area contributed by atoms with Crippen molar-refractivity contribution in [3.05, 3.63) is 35.1 Å². The first-order chi connectivity index (χ1) is 8.13. The number of benzene rings is 1. The van der Waals surface area contributed by atoms with Gasteiger partial charge in [0.1, 0.15) is 5.82 Å². The molecular weight excluding hydrogens is 298 g/mol. The van der Waals surface area contributed by atoms with Crippen molar-refractivity contribution in [1.82, 2.24) is 0 Å².